The second-order valence-electron chi connectivity index (χ2n) is 20.9. The molecule has 0 amide bonds. The Labute approximate surface area is 418 Å². The average Bonchev–Trinajstić information content (AvgIpc) is 4.30. The van der Waals surface area contributed by atoms with Crippen LogP contribution in [0.3, 0.4) is 0 Å². The lowest BCUT2D eigenvalue weighted by molar-refractivity contribution is -0.141. The van der Waals surface area contributed by atoms with E-state index in [0.29, 0.717) is 59.8 Å². The molecule has 71 heavy (non-hydrogen) atoms. The topological polar surface area (TPSA) is 101 Å². The molecule has 0 radical (unpaired) electrons. The molecule has 2 aliphatic carbocycles. The van der Waals surface area contributed by atoms with Gasteiger partial charge in [0.15, 0.2) is 0 Å². The number of carboxylic acid groups (broad SMARTS) is 1. The predicted octanol–water partition coefficient (Wildman–Crippen LogP) is 14.8. The van der Waals surface area contributed by atoms with Crippen LogP contribution in [0.25, 0.3) is 22.3 Å². The number of benzene rings is 6. The van der Waals surface area contributed by atoms with Crippen LogP contribution in [0.5, 0.6) is 23.0 Å². The Hall–Kier alpha value is -6.68. The molecular formula is C61H68F2O8. The third-order valence-corrected chi connectivity index (χ3v) is 13.5. The number of ether oxygens (including phenoxy) is 5. The molecule has 0 heterocycles. The second kappa shape index (κ2) is 22.6. The summed E-state index contributed by atoms with van der Waals surface area (Å²) in [5, 5.41) is 9.25. The lowest BCUT2D eigenvalue weighted by Crippen LogP contribution is -2.13. The number of carbonyl (C=O) groups excluding carboxylic acids is 1. The summed E-state index contributed by atoms with van der Waals surface area (Å²) < 4.78 is 57.5. The van der Waals surface area contributed by atoms with E-state index >= 15 is 0 Å². The molecule has 8 rings (SSSR count). The van der Waals surface area contributed by atoms with Gasteiger partial charge in [0.25, 0.3) is 0 Å². The largest absolute Gasteiger partial charge is 0.497 e. The Kier molecular flexibility index (Phi) is 16.6. The highest BCUT2D eigenvalue weighted by atomic mass is 19.1. The maximum atomic E-state index is 14.9. The first-order valence-corrected chi connectivity index (χ1v) is 24.5. The first-order chi connectivity index (χ1) is 33.8. The molecule has 2 saturated carbocycles. The molecule has 10 heteroatoms. The average molecular weight is 967 g/mol. The van der Waals surface area contributed by atoms with Gasteiger partial charge < -0.3 is 28.8 Å². The van der Waals surface area contributed by atoms with Crippen LogP contribution in [0, 0.1) is 23.5 Å². The zero-order valence-electron chi connectivity index (χ0n) is 42.6. The number of rotatable bonds is 18. The van der Waals surface area contributed by atoms with Crippen molar-refractivity contribution in [3.8, 4) is 45.3 Å². The molecule has 2 fully saturated rings. The van der Waals surface area contributed by atoms with E-state index in [1.54, 1.807) is 38.5 Å². The number of halogens is 2. The van der Waals surface area contributed by atoms with Gasteiger partial charge in [-0.3, -0.25) is 9.59 Å². The van der Waals surface area contributed by atoms with Crippen molar-refractivity contribution in [1.29, 1.82) is 0 Å². The van der Waals surface area contributed by atoms with Crippen LogP contribution in [0.1, 0.15) is 125 Å². The molecule has 2 atom stereocenters. The van der Waals surface area contributed by atoms with Crippen LogP contribution < -0.4 is 18.9 Å². The van der Waals surface area contributed by atoms with Crippen molar-refractivity contribution in [2.24, 2.45) is 11.8 Å². The van der Waals surface area contributed by atoms with E-state index in [2.05, 4.69) is 47.6 Å². The lowest BCUT2D eigenvalue weighted by atomic mass is 9.81. The van der Waals surface area contributed by atoms with E-state index in [1.807, 2.05) is 78.9 Å². The van der Waals surface area contributed by atoms with Crippen molar-refractivity contribution in [1.82, 2.24) is 0 Å². The van der Waals surface area contributed by atoms with Crippen molar-refractivity contribution >= 4 is 11.9 Å². The molecule has 0 aliphatic heterocycles. The molecule has 0 spiro atoms. The van der Waals surface area contributed by atoms with Gasteiger partial charge in [-0.2, -0.15) is 0 Å². The Morgan fingerprint density at radius 1 is 0.521 bits per heavy atom. The van der Waals surface area contributed by atoms with E-state index in [-0.39, 0.29) is 46.7 Å². The molecule has 2 aliphatic rings. The summed E-state index contributed by atoms with van der Waals surface area (Å²) >= 11 is 0. The number of carbonyl (C=O) groups is 2. The summed E-state index contributed by atoms with van der Waals surface area (Å²) in [4.78, 5) is 23.1. The van der Waals surface area contributed by atoms with Gasteiger partial charge in [-0.25, -0.2) is 8.78 Å². The zero-order chi connectivity index (χ0) is 51.0. The SMILES string of the molecule is COC(=O)C[C@@H](c1ccc(OCc2ccc(C(C)(C)C)c(-c3cc(OC)ccc3F)c2)cc1)C1CC1.COc1ccc(F)c(-c2cc(COc3ccc([C@H](CC(=O)O)C4CC4)cc3)ccc2C(C)(C)C)c1. The molecule has 6 aromatic rings. The molecule has 6 aromatic carbocycles. The molecule has 0 bridgehead atoms. The van der Waals surface area contributed by atoms with Crippen LogP contribution in [0.2, 0.25) is 0 Å². The summed E-state index contributed by atoms with van der Waals surface area (Å²) in [6.07, 6.45) is 5.06. The Morgan fingerprint density at radius 3 is 1.24 bits per heavy atom. The molecule has 1 N–H and O–H groups in total. The van der Waals surface area contributed by atoms with Gasteiger partial charge in [0.05, 0.1) is 34.2 Å². The van der Waals surface area contributed by atoms with E-state index in [9.17, 15) is 23.5 Å². The zero-order valence-corrected chi connectivity index (χ0v) is 42.6. The fraction of sp³-hybridized carbons (Fsp3) is 0.377. The summed E-state index contributed by atoms with van der Waals surface area (Å²) in [5.74, 6) is 2.45. The molecule has 0 aromatic heterocycles. The van der Waals surface area contributed by atoms with E-state index in [0.717, 1.165) is 75.9 Å². The van der Waals surface area contributed by atoms with Crippen LogP contribution in [-0.2, 0) is 38.4 Å². The highest BCUT2D eigenvalue weighted by Gasteiger charge is 2.35. The lowest BCUT2D eigenvalue weighted by Gasteiger charge is -2.24. The maximum absolute atomic E-state index is 14.9. The minimum atomic E-state index is -0.760. The number of methoxy groups -OCH3 is 3. The fourth-order valence-electron chi connectivity index (χ4n) is 9.31. The third-order valence-electron chi connectivity index (χ3n) is 13.5. The van der Waals surface area contributed by atoms with Crippen molar-refractivity contribution in [3.63, 3.8) is 0 Å². The molecule has 0 unspecified atom stereocenters. The number of hydrogen-bond donors (Lipinski definition) is 1. The van der Waals surface area contributed by atoms with Crippen molar-refractivity contribution in [2.75, 3.05) is 21.3 Å². The number of aliphatic carboxylic acids is 1. The highest BCUT2D eigenvalue weighted by Crippen LogP contribution is 2.46. The van der Waals surface area contributed by atoms with Crippen molar-refractivity contribution < 1.29 is 47.2 Å². The molecule has 8 nitrogen and oxygen atoms in total. The molecule has 374 valence electrons. The number of carboxylic acids is 1. The van der Waals surface area contributed by atoms with Crippen LogP contribution in [-0.4, -0.2) is 38.4 Å². The van der Waals surface area contributed by atoms with E-state index in [4.69, 9.17) is 23.7 Å². The quantitative estimate of drug-likeness (QED) is 0.0850. The first kappa shape index (κ1) is 52.2. The number of hydrogen-bond acceptors (Lipinski definition) is 7. The monoisotopic (exact) mass is 966 g/mol. The standard InChI is InChI=1S/C31H35FO4.C30H33FO4/c1-31(2,3)28-14-6-20(16-26(28)27-17-24(34-4)13-15-29(27)32)19-36-23-11-9-22(10-12-23)25(21-7-8-21)18-30(33)35-5;1-30(2,3)27-13-5-19(15-25(27)26-16-23(34-4)12-14-28(26)31)18-35-22-10-8-21(9-11-22)24(17-29(32)33)20-6-7-20/h6,9-17,21,25H,7-8,18-19H2,1-5H3;5,8-16,20,24H,6-7,17-18H2,1-4H3,(H,32,33)/t25-;24-/m11/s1. The predicted molar refractivity (Wildman–Crippen MR) is 276 cm³/mol. The van der Waals surface area contributed by atoms with Gasteiger partial charge >= 0.3 is 11.9 Å². The van der Waals surface area contributed by atoms with Crippen LogP contribution >= 0.6 is 0 Å². The second-order valence-corrected chi connectivity index (χ2v) is 20.9. The Morgan fingerprint density at radius 2 is 0.901 bits per heavy atom. The van der Waals surface area contributed by atoms with Gasteiger partial charge in [0.2, 0.25) is 0 Å². The van der Waals surface area contributed by atoms with Crippen LogP contribution in [0.4, 0.5) is 8.78 Å². The van der Waals surface area contributed by atoms with Gasteiger partial charge in [-0.05, 0) is 177 Å². The van der Waals surface area contributed by atoms with E-state index in [1.165, 1.54) is 19.2 Å². The smallest absolute Gasteiger partial charge is 0.306 e. The Bertz CT molecular complexity index is 2780. The van der Waals surface area contributed by atoms with Crippen molar-refractivity contribution in [3.05, 3.63) is 166 Å². The van der Waals surface area contributed by atoms with Gasteiger partial charge in [0.1, 0.15) is 47.8 Å². The first-order valence-electron chi connectivity index (χ1n) is 24.5. The van der Waals surface area contributed by atoms with Crippen molar-refractivity contribution in [2.45, 2.75) is 116 Å². The number of esters is 1. The third kappa shape index (κ3) is 13.8. The Balaban J connectivity index is 0.000000209. The van der Waals surface area contributed by atoms with Gasteiger partial charge in [-0.15, -0.1) is 0 Å². The minimum absolute atomic E-state index is 0.0619. The summed E-state index contributed by atoms with van der Waals surface area (Å²) in [5.41, 5.74) is 8.52. The van der Waals surface area contributed by atoms with Gasteiger partial charge in [0, 0.05) is 11.1 Å². The fourth-order valence-corrected chi connectivity index (χ4v) is 9.31. The summed E-state index contributed by atoms with van der Waals surface area (Å²) in [6, 6.07) is 37.5. The van der Waals surface area contributed by atoms with Crippen LogP contribution in [0.15, 0.2) is 121 Å². The summed E-state index contributed by atoms with van der Waals surface area (Å²) in [6.45, 7) is 13.4. The normalized spacial score (nSPS) is 14.4. The highest BCUT2D eigenvalue weighted by molar-refractivity contribution is 5.73. The van der Waals surface area contributed by atoms with E-state index < -0.39 is 5.97 Å². The van der Waals surface area contributed by atoms with Gasteiger partial charge in [-0.1, -0.05) is 90.1 Å². The molecule has 0 saturated heterocycles. The maximum Gasteiger partial charge on any atom is 0.306 e. The molecular weight excluding hydrogens is 899 g/mol. The summed E-state index contributed by atoms with van der Waals surface area (Å²) in [7, 11) is 4.59. The minimum Gasteiger partial charge on any atom is -0.497 e.